The van der Waals surface area contributed by atoms with E-state index in [0.29, 0.717) is 17.1 Å². The number of para-hydroxylation sites is 1. The van der Waals surface area contributed by atoms with Gasteiger partial charge < -0.3 is 14.6 Å². The number of thiophene rings is 1. The molecule has 198 valence electrons. The van der Waals surface area contributed by atoms with Crippen LogP contribution in [0.25, 0.3) is 0 Å². The van der Waals surface area contributed by atoms with Crippen LogP contribution in [0.15, 0.2) is 104 Å². The van der Waals surface area contributed by atoms with E-state index in [-0.39, 0.29) is 39.3 Å². The zero-order valence-electron chi connectivity index (χ0n) is 19.8. The molecule has 0 radical (unpaired) electrons. The summed E-state index contributed by atoms with van der Waals surface area (Å²) in [6, 6.07) is 21.9. The van der Waals surface area contributed by atoms with Gasteiger partial charge in [-0.15, -0.1) is 11.3 Å². The fourth-order valence-corrected chi connectivity index (χ4v) is 8.13. The Morgan fingerprint density at radius 3 is 2.18 bits per heavy atom. The molecule has 12 heteroatoms. The molecule has 0 fully saturated rings. The van der Waals surface area contributed by atoms with E-state index in [4.69, 9.17) is 14.6 Å². The molecule has 38 heavy (non-hydrogen) atoms. The van der Waals surface area contributed by atoms with Crippen LogP contribution in [0.5, 0.6) is 11.5 Å². The Hall–Kier alpha value is -3.87. The molecule has 1 aromatic heterocycles. The quantitative estimate of drug-likeness (QED) is 0.237. The maximum Gasteiger partial charge on any atom is 0.307 e. The Bertz CT molecular complexity index is 1610. The van der Waals surface area contributed by atoms with Gasteiger partial charge in [0, 0.05) is 11.3 Å². The second-order valence-corrected chi connectivity index (χ2v) is 12.6. The van der Waals surface area contributed by atoms with Gasteiger partial charge in [0.15, 0.2) is 4.21 Å². The van der Waals surface area contributed by atoms with E-state index in [1.54, 1.807) is 54.6 Å². The van der Waals surface area contributed by atoms with Gasteiger partial charge in [-0.2, -0.15) is 0 Å². The van der Waals surface area contributed by atoms with E-state index < -0.39 is 25.8 Å². The fourth-order valence-electron chi connectivity index (χ4n) is 3.49. The van der Waals surface area contributed by atoms with Crippen molar-refractivity contribution < 1.29 is 36.2 Å². The molecule has 4 rings (SSSR count). The summed E-state index contributed by atoms with van der Waals surface area (Å²) in [4.78, 5) is 10.7. The van der Waals surface area contributed by atoms with E-state index in [9.17, 15) is 21.6 Å². The first kappa shape index (κ1) is 27.2. The molecule has 4 aromatic rings. The lowest BCUT2D eigenvalue weighted by Crippen LogP contribution is -2.15. The maximum absolute atomic E-state index is 13.0. The highest BCUT2D eigenvalue weighted by atomic mass is 32.2. The molecule has 0 aliphatic heterocycles. The predicted molar refractivity (Wildman–Crippen MR) is 142 cm³/mol. The Labute approximate surface area is 224 Å². The molecule has 0 spiro atoms. The molecule has 1 heterocycles. The van der Waals surface area contributed by atoms with Crippen LogP contribution in [0.4, 0.5) is 5.69 Å². The third kappa shape index (κ3) is 6.52. The molecule has 0 bridgehead atoms. The number of hydrogen-bond donors (Lipinski definition) is 2. The van der Waals surface area contributed by atoms with Crippen molar-refractivity contribution >= 4 is 42.9 Å². The van der Waals surface area contributed by atoms with Crippen LogP contribution < -0.4 is 14.2 Å². The van der Waals surface area contributed by atoms with Gasteiger partial charge in [0.25, 0.3) is 10.0 Å². The van der Waals surface area contributed by atoms with Crippen LogP contribution in [-0.4, -0.2) is 41.1 Å². The monoisotopic (exact) mass is 573 g/mol. The molecule has 0 aliphatic carbocycles. The first-order chi connectivity index (χ1) is 18.2. The third-order valence-corrected chi connectivity index (χ3v) is 10.1. The molecule has 0 amide bonds. The SMILES string of the molecule is O=C(O)Cc1ccccc1OCCOc1ccc(NS(=O)(=O)c2sccc2S(=O)(=O)c2ccccc2)cc1. The van der Waals surface area contributed by atoms with Crippen LogP contribution in [0.2, 0.25) is 0 Å². The second-order valence-electron chi connectivity index (χ2n) is 7.89. The normalized spacial score (nSPS) is 11.6. The number of carboxylic acids is 1. The lowest BCUT2D eigenvalue weighted by molar-refractivity contribution is -0.136. The first-order valence-electron chi connectivity index (χ1n) is 11.2. The van der Waals surface area contributed by atoms with Crippen molar-refractivity contribution in [3.63, 3.8) is 0 Å². The summed E-state index contributed by atoms with van der Waals surface area (Å²) in [7, 11) is -8.20. The van der Waals surface area contributed by atoms with Crippen molar-refractivity contribution in [3.05, 3.63) is 95.9 Å². The summed E-state index contributed by atoms with van der Waals surface area (Å²) in [5, 5.41) is 10.4. The van der Waals surface area contributed by atoms with Crippen molar-refractivity contribution in [1.29, 1.82) is 0 Å². The Morgan fingerprint density at radius 1 is 0.816 bits per heavy atom. The molecule has 9 nitrogen and oxygen atoms in total. The Kier molecular flexibility index (Phi) is 8.35. The standard InChI is InChI=1S/C26H23NO8S3/c28-25(29)18-19-6-4-5-9-23(19)35-16-15-34-21-12-10-20(11-13-21)27-38(32,33)26-24(14-17-36-26)37(30,31)22-7-2-1-3-8-22/h1-14,17,27H,15-16,18H2,(H,28,29). The molecular weight excluding hydrogens is 550 g/mol. The zero-order chi connectivity index (χ0) is 27.2. The second kappa shape index (κ2) is 11.7. The molecule has 0 unspecified atom stereocenters. The number of anilines is 1. The predicted octanol–water partition coefficient (Wildman–Crippen LogP) is 4.47. The highest BCUT2D eigenvalue weighted by molar-refractivity contribution is 7.96. The van der Waals surface area contributed by atoms with Crippen molar-refractivity contribution in [2.75, 3.05) is 17.9 Å². The van der Waals surface area contributed by atoms with Gasteiger partial charge in [0.2, 0.25) is 9.84 Å². The summed E-state index contributed by atoms with van der Waals surface area (Å²) < 4.78 is 65.4. The largest absolute Gasteiger partial charge is 0.490 e. The fraction of sp³-hybridized carbons (Fsp3) is 0.115. The minimum atomic E-state index is -4.18. The van der Waals surface area contributed by atoms with E-state index in [2.05, 4.69) is 4.72 Å². The smallest absolute Gasteiger partial charge is 0.307 e. The van der Waals surface area contributed by atoms with E-state index in [1.807, 2.05) is 0 Å². The summed E-state index contributed by atoms with van der Waals surface area (Å²) in [6.45, 7) is 0.338. The summed E-state index contributed by atoms with van der Waals surface area (Å²) in [5.74, 6) is -0.0366. The molecular formula is C26H23NO8S3. The average molecular weight is 574 g/mol. The minimum Gasteiger partial charge on any atom is -0.490 e. The van der Waals surface area contributed by atoms with Gasteiger partial charge in [0.1, 0.15) is 29.6 Å². The number of carboxylic acid groups (broad SMARTS) is 1. The van der Waals surface area contributed by atoms with Gasteiger partial charge in [-0.25, -0.2) is 16.8 Å². The van der Waals surface area contributed by atoms with Crippen molar-refractivity contribution in [2.45, 2.75) is 20.4 Å². The summed E-state index contributed by atoms with van der Waals surface area (Å²) in [5.41, 5.74) is 0.787. The average Bonchev–Trinajstić information content (AvgIpc) is 3.41. The van der Waals surface area contributed by atoms with Gasteiger partial charge in [-0.1, -0.05) is 36.4 Å². The Morgan fingerprint density at radius 2 is 1.47 bits per heavy atom. The number of sulfonamides is 1. The number of aliphatic carboxylic acids is 1. The van der Waals surface area contributed by atoms with Gasteiger partial charge in [0.05, 0.1) is 11.3 Å². The number of sulfone groups is 1. The molecule has 0 aliphatic rings. The summed E-state index contributed by atoms with van der Waals surface area (Å²) in [6.07, 6.45) is -0.153. The van der Waals surface area contributed by atoms with Gasteiger partial charge in [-0.05, 0) is 53.9 Å². The molecule has 0 saturated heterocycles. The van der Waals surface area contributed by atoms with Crippen molar-refractivity contribution in [2.24, 2.45) is 0 Å². The number of benzene rings is 3. The lowest BCUT2D eigenvalue weighted by atomic mass is 10.1. The van der Waals surface area contributed by atoms with Crippen molar-refractivity contribution in [1.82, 2.24) is 0 Å². The van der Waals surface area contributed by atoms with Crippen LogP contribution in [0.3, 0.4) is 0 Å². The molecule has 0 saturated carbocycles. The number of rotatable bonds is 12. The molecule has 0 atom stereocenters. The third-order valence-electron chi connectivity index (χ3n) is 5.21. The zero-order valence-corrected chi connectivity index (χ0v) is 22.3. The number of hydrogen-bond acceptors (Lipinski definition) is 8. The van der Waals surface area contributed by atoms with E-state index >= 15 is 0 Å². The van der Waals surface area contributed by atoms with E-state index in [1.165, 1.54) is 35.7 Å². The summed E-state index contributed by atoms with van der Waals surface area (Å²) >= 11 is 0.815. The van der Waals surface area contributed by atoms with Gasteiger partial charge >= 0.3 is 5.97 Å². The Balaban J connectivity index is 1.37. The van der Waals surface area contributed by atoms with Gasteiger partial charge in [-0.3, -0.25) is 9.52 Å². The maximum atomic E-state index is 13.0. The van der Waals surface area contributed by atoms with Crippen LogP contribution in [0.1, 0.15) is 5.56 Å². The number of nitrogens with one attached hydrogen (secondary N) is 1. The van der Waals surface area contributed by atoms with Crippen LogP contribution in [0, 0.1) is 0 Å². The number of ether oxygens (including phenoxy) is 2. The topological polar surface area (TPSA) is 136 Å². The molecule has 3 aromatic carbocycles. The highest BCUT2D eigenvalue weighted by Crippen LogP contribution is 2.33. The van der Waals surface area contributed by atoms with Crippen LogP contribution >= 0.6 is 11.3 Å². The minimum absolute atomic E-state index is 0.00528. The molecule has 2 N–H and O–H groups in total. The van der Waals surface area contributed by atoms with Crippen molar-refractivity contribution in [3.8, 4) is 11.5 Å². The highest BCUT2D eigenvalue weighted by Gasteiger charge is 2.29. The van der Waals surface area contributed by atoms with Crippen LogP contribution in [-0.2, 0) is 31.1 Å². The first-order valence-corrected chi connectivity index (χ1v) is 15.1. The van der Waals surface area contributed by atoms with E-state index in [0.717, 1.165) is 11.3 Å². The number of carbonyl (C=O) groups is 1. The lowest BCUT2D eigenvalue weighted by Gasteiger charge is -2.12.